The first-order valence-electron chi connectivity index (χ1n) is 6.75. The summed E-state index contributed by atoms with van der Waals surface area (Å²) in [6.45, 7) is 5.51. The van der Waals surface area contributed by atoms with Crippen molar-refractivity contribution in [2.75, 3.05) is 13.2 Å². The van der Waals surface area contributed by atoms with Crippen LogP contribution in [0.1, 0.15) is 43.9 Å². The largest absolute Gasteiger partial charge is 0.347 e. The van der Waals surface area contributed by atoms with Crippen LogP contribution >= 0.6 is 0 Å². The first-order chi connectivity index (χ1) is 9.11. The number of hydrogen-bond donors (Lipinski definition) is 0. The van der Waals surface area contributed by atoms with Crippen LogP contribution in [0, 0.1) is 11.3 Å². The summed E-state index contributed by atoms with van der Waals surface area (Å²) in [6.07, 6.45) is 2.95. The topological polar surface area (TPSA) is 55.1 Å². The molecule has 19 heavy (non-hydrogen) atoms. The first-order valence-corrected chi connectivity index (χ1v) is 6.75. The van der Waals surface area contributed by atoms with Gasteiger partial charge in [0.15, 0.2) is 5.79 Å². The molecule has 0 bridgehead atoms. The third-order valence-electron chi connectivity index (χ3n) is 4.08. The van der Waals surface area contributed by atoms with Gasteiger partial charge in [-0.05, 0) is 17.5 Å². The lowest BCUT2D eigenvalue weighted by Crippen LogP contribution is -2.55. The zero-order chi connectivity index (χ0) is 13.5. The van der Waals surface area contributed by atoms with Gasteiger partial charge in [0.25, 0.3) is 0 Å². The summed E-state index contributed by atoms with van der Waals surface area (Å²) in [5.74, 6) is -0.169. The van der Waals surface area contributed by atoms with Gasteiger partial charge < -0.3 is 9.47 Å². The highest BCUT2D eigenvalue weighted by molar-refractivity contribution is 5.40. The summed E-state index contributed by atoms with van der Waals surface area (Å²) in [5.41, 5.74) is 1.50. The van der Waals surface area contributed by atoms with E-state index in [0.717, 1.165) is 11.3 Å². The van der Waals surface area contributed by atoms with E-state index >= 15 is 0 Å². The Kier molecular flexibility index (Phi) is 2.84. The van der Waals surface area contributed by atoms with Crippen molar-refractivity contribution in [1.29, 1.82) is 5.26 Å². The Labute approximate surface area is 113 Å². The lowest BCUT2D eigenvalue weighted by Gasteiger charge is -2.48. The van der Waals surface area contributed by atoms with Gasteiger partial charge >= 0.3 is 0 Å². The Balaban J connectivity index is 1.95. The van der Waals surface area contributed by atoms with Gasteiger partial charge in [0.1, 0.15) is 5.41 Å². The van der Waals surface area contributed by atoms with Crippen LogP contribution < -0.4 is 0 Å². The monoisotopic (exact) mass is 258 g/mol. The highest BCUT2D eigenvalue weighted by Crippen LogP contribution is 2.54. The summed E-state index contributed by atoms with van der Waals surface area (Å²) in [7, 11) is 0. The normalized spacial score (nSPS) is 23.3. The van der Waals surface area contributed by atoms with Crippen LogP contribution in [-0.2, 0) is 14.9 Å². The Morgan fingerprint density at radius 1 is 1.32 bits per heavy atom. The second-order valence-electron chi connectivity index (χ2n) is 5.75. The number of nitriles is 1. The predicted octanol–water partition coefficient (Wildman–Crippen LogP) is 2.50. The van der Waals surface area contributed by atoms with Crippen LogP contribution in [-0.4, -0.2) is 24.0 Å². The number of nitrogens with zero attached hydrogens (tertiary/aromatic N) is 2. The molecule has 3 rings (SSSR count). The fraction of sp³-hybridized carbons (Fsp3) is 0.600. The van der Waals surface area contributed by atoms with E-state index < -0.39 is 11.2 Å². The molecule has 2 fully saturated rings. The van der Waals surface area contributed by atoms with Gasteiger partial charge in [-0.3, -0.25) is 4.98 Å². The highest BCUT2D eigenvalue weighted by atomic mass is 16.7. The van der Waals surface area contributed by atoms with Crippen LogP contribution in [0.4, 0.5) is 0 Å². The molecule has 0 atom stereocenters. The standard InChI is InChI=1S/C15H18N2O2/c1-11(2)12-4-3-5-17-13(12)14(10-16)8-15(9-14)18-6-7-19-15/h3-5,11H,6-9H2,1-2H3. The van der Waals surface area contributed by atoms with Gasteiger partial charge in [-0.1, -0.05) is 19.9 Å². The molecule has 1 saturated heterocycles. The maximum absolute atomic E-state index is 9.64. The molecule has 4 nitrogen and oxygen atoms in total. The number of pyridine rings is 1. The summed E-state index contributed by atoms with van der Waals surface area (Å²) in [5, 5.41) is 9.64. The van der Waals surface area contributed by atoms with Gasteiger partial charge in [0.2, 0.25) is 0 Å². The third kappa shape index (κ3) is 1.85. The van der Waals surface area contributed by atoms with E-state index in [1.807, 2.05) is 6.07 Å². The quantitative estimate of drug-likeness (QED) is 0.818. The van der Waals surface area contributed by atoms with Gasteiger partial charge in [-0.15, -0.1) is 0 Å². The molecule has 1 aliphatic carbocycles. The molecular weight excluding hydrogens is 240 g/mol. The molecule has 4 heteroatoms. The molecule has 0 unspecified atom stereocenters. The van der Waals surface area contributed by atoms with Gasteiger partial charge in [-0.2, -0.15) is 5.26 Å². The van der Waals surface area contributed by atoms with Crippen molar-refractivity contribution in [3.05, 3.63) is 29.6 Å². The lowest BCUT2D eigenvalue weighted by atomic mass is 9.62. The predicted molar refractivity (Wildman–Crippen MR) is 69.5 cm³/mol. The summed E-state index contributed by atoms with van der Waals surface area (Å²) < 4.78 is 11.3. The van der Waals surface area contributed by atoms with E-state index in [1.54, 1.807) is 6.20 Å². The molecule has 1 aromatic heterocycles. The van der Waals surface area contributed by atoms with E-state index in [2.05, 4.69) is 31.0 Å². The van der Waals surface area contributed by atoms with Crippen molar-refractivity contribution in [1.82, 2.24) is 4.98 Å². The second-order valence-corrected chi connectivity index (χ2v) is 5.75. The molecule has 2 aliphatic rings. The van der Waals surface area contributed by atoms with Crippen LogP contribution in [0.2, 0.25) is 0 Å². The average Bonchev–Trinajstić information content (AvgIpc) is 2.85. The minimum atomic E-state index is -0.550. The molecule has 2 heterocycles. The van der Waals surface area contributed by atoms with Crippen molar-refractivity contribution >= 4 is 0 Å². The number of rotatable bonds is 2. The van der Waals surface area contributed by atoms with E-state index in [9.17, 15) is 5.26 Å². The molecule has 0 aromatic carbocycles. The fourth-order valence-corrected chi connectivity index (χ4v) is 3.15. The van der Waals surface area contributed by atoms with Crippen molar-refractivity contribution in [3.8, 4) is 6.07 Å². The molecule has 0 radical (unpaired) electrons. The highest BCUT2D eigenvalue weighted by Gasteiger charge is 2.61. The smallest absolute Gasteiger partial charge is 0.172 e. The van der Waals surface area contributed by atoms with Crippen LogP contribution in [0.3, 0.4) is 0 Å². The number of aromatic nitrogens is 1. The third-order valence-corrected chi connectivity index (χ3v) is 4.08. The molecule has 1 aromatic rings. The van der Waals surface area contributed by atoms with Crippen molar-refractivity contribution < 1.29 is 9.47 Å². The van der Waals surface area contributed by atoms with Crippen molar-refractivity contribution in [2.24, 2.45) is 0 Å². The molecule has 100 valence electrons. The molecule has 1 spiro atoms. The van der Waals surface area contributed by atoms with Gasteiger partial charge in [-0.25, -0.2) is 0 Å². The average molecular weight is 258 g/mol. The van der Waals surface area contributed by atoms with E-state index in [0.29, 0.717) is 32.0 Å². The molecule has 1 saturated carbocycles. The SMILES string of the molecule is CC(C)c1cccnc1C1(C#N)CC2(C1)OCCO2. The van der Waals surface area contributed by atoms with E-state index in [1.165, 1.54) is 0 Å². The second kappa shape index (κ2) is 4.29. The summed E-state index contributed by atoms with van der Waals surface area (Å²) >= 11 is 0. The number of ether oxygens (including phenoxy) is 2. The minimum absolute atomic E-state index is 0.357. The molecule has 0 N–H and O–H groups in total. The minimum Gasteiger partial charge on any atom is -0.347 e. The molecular formula is C15H18N2O2. The maximum Gasteiger partial charge on any atom is 0.172 e. The Morgan fingerprint density at radius 3 is 2.58 bits per heavy atom. The van der Waals surface area contributed by atoms with E-state index in [-0.39, 0.29) is 0 Å². The van der Waals surface area contributed by atoms with Crippen LogP contribution in [0.5, 0.6) is 0 Å². The Morgan fingerprint density at radius 2 is 2.00 bits per heavy atom. The van der Waals surface area contributed by atoms with Crippen LogP contribution in [0.25, 0.3) is 0 Å². The Hall–Kier alpha value is -1.44. The molecule has 0 amide bonds. The van der Waals surface area contributed by atoms with Gasteiger partial charge in [0, 0.05) is 19.0 Å². The fourth-order valence-electron chi connectivity index (χ4n) is 3.15. The first kappa shape index (κ1) is 12.6. The van der Waals surface area contributed by atoms with Crippen molar-refractivity contribution in [2.45, 2.75) is 43.8 Å². The zero-order valence-corrected chi connectivity index (χ0v) is 11.3. The lowest BCUT2D eigenvalue weighted by molar-refractivity contribution is -0.230. The van der Waals surface area contributed by atoms with Crippen molar-refractivity contribution in [3.63, 3.8) is 0 Å². The number of hydrogen-bond acceptors (Lipinski definition) is 4. The summed E-state index contributed by atoms with van der Waals surface area (Å²) in [6, 6.07) is 6.45. The summed E-state index contributed by atoms with van der Waals surface area (Å²) in [4.78, 5) is 4.49. The van der Waals surface area contributed by atoms with Crippen LogP contribution in [0.15, 0.2) is 18.3 Å². The van der Waals surface area contributed by atoms with Gasteiger partial charge in [0.05, 0.1) is 25.0 Å². The Bertz CT molecular complexity index is 519. The molecule has 1 aliphatic heterocycles. The zero-order valence-electron chi connectivity index (χ0n) is 11.3. The van der Waals surface area contributed by atoms with E-state index in [4.69, 9.17) is 9.47 Å². The maximum atomic E-state index is 9.64.